The Kier molecular flexibility index (Phi) is 4.76. The van der Waals surface area contributed by atoms with Crippen molar-refractivity contribution in [2.45, 2.75) is 6.10 Å². The van der Waals surface area contributed by atoms with Crippen molar-refractivity contribution in [1.82, 2.24) is 4.72 Å². The lowest BCUT2D eigenvalue weighted by Gasteiger charge is -2.22. The minimum absolute atomic E-state index is 0.0550. The van der Waals surface area contributed by atoms with Gasteiger partial charge in [0.1, 0.15) is 0 Å². The Balaban J connectivity index is 2.24. The fourth-order valence-corrected chi connectivity index (χ4v) is 2.00. The van der Waals surface area contributed by atoms with E-state index < -0.39 is 10.0 Å². The van der Waals surface area contributed by atoms with Crippen LogP contribution < -0.4 is 10.5 Å². The van der Waals surface area contributed by atoms with E-state index in [2.05, 4.69) is 4.72 Å². The first-order valence-corrected chi connectivity index (χ1v) is 6.16. The monoisotopic (exact) mass is 224 g/mol. The van der Waals surface area contributed by atoms with Crippen LogP contribution in [0, 0.1) is 0 Å². The van der Waals surface area contributed by atoms with Crippen LogP contribution >= 0.6 is 0 Å². The van der Waals surface area contributed by atoms with Crippen LogP contribution in [0.2, 0.25) is 0 Å². The molecule has 0 amide bonds. The molecule has 7 heteroatoms. The predicted octanol–water partition coefficient (Wildman–Crippen LogP) is -1.72. The molecule has 1 fully saturated rings. The zero-order chi connectivity index (χ0) is 10.4. The molecule has 14 heavy (non-hydrogen) atoms. The molecule has 0 aromatic carbocycles. The Labute approximate surface area is 83.8 Å². The fourth-order valence-electron chi connectivity index (χ4n) is 1.10. The van der Waals surface area contributed by atoms with Crippen LogP contribution in [-0.2, 0) is 19.5 Å². The van der Waals surface area contributed by atoms with Gasteiger partial charge in [0.05, 0.1) is 31.7 Å². The standard InChI is InChI=1S/C7H16N2O4S/c8-1-4-14(10,11)9-5-7-6-12-2-3-13-7/h7,9H,1-6,8H2. The fraction of sp³-hybridized carbons (Fsp3) is 1.00. The molecule has 0 radical (unpaired) electrons. The summed E-state index contributed by atoms with van der Waals surface area (Å²) in [6, 6.07) is 0. The van der Waals surface area contributed by atoms with Crippen molar-refractivity contribution in [3.63, 3.8) is 0 Å². The number of rotatable bonds is 5. The van der Waals surface area contributed by atoms with E-state index in [1.807, 2.05) is 0 Å². The molecule has 0 saturated carbocycles. The SMILES string of the molecule is NCCS(=O)(=O)NCC1COCCO1. The molecule has 0 bridgehead atoms. The Hall–Kier alpha value is -0.210. The third-order valence-corrected chi connectivity index (χ3v) is 3.18. The molecule has 1 aliphatic rings. The second-order valence-electron chi connectivity index (χ2n) is 3.02. The van der Waals surface area contributed by atoms with Gasteiger partial charge in [-0.15, -0.1) is 0 Å². The second kappa shape index (κ2) is 5.62. The van der Waals surface area contributed by atoms with Gasteiger partial charge in [0, 0.05) is 13.1 Å². The van der Waals surface area contributed by atoms with Gasteiger partial charge in [-0.2, -0.15) is 0 Å². The first-order valence-electron chi connectivity index (χ1n) is 4.51. The molecule has 0 aliphatic carbocycles. The molecule has 0 aromatic heterocycles. The first-order chi connectivity index (χ1) is 6.64. The van der Waals surface area contributed by atoms with Crippen molar-refractivity contribution in [3.8, 4) is 0 Å². The third-order valence-electron chi connectivity index (χ3n) is 1.80. The molecule has 1 rings (SSSR count). The van der Waals surface area contributed by atoms with Gasteiger partial charge in [-0.3, -0.25) is 0 Å². The van der Waals surface area contributed by atoms with Crippen molar-refractivity contribution in [2.75, 3.05) is 38.7 Å². The molecule has 0 aromatic rings. The summed E-state index contributed by atoms with van der Waals surface area (Å²) in [4.78, 5) is 0. The first kappa shape index (κ1) is 11.9. The minimum atomic E-state index is -3.24. The van der Waals surface area contributed by atoms with Crippen molar-refractivity contribution < 1.29 is 17.9 Å². The highest BCUT2D eigenvalue weighted by molar-refractivity contribution is 7.89. The zero-order valence-electron chi connectivity index (χ0n) is 7.94. The molecule has 1 atom stereocenters. The third kappa shape index (κ3) is 4.34. The highest BCUT2D eigenvalue weighted by atomic mass is 32.2. The van der Waals surface area contributed by atoms with Crippen molar-refractivity contribution in [2.24, 2.45) is 5.73 Å². The molecule has 3 N–H and O–H groups in total. The van der Waals surface area contributed by atoms with E-state index in [0.29, 0.717) is 19.8 Å². The molecule has 1 aliphatic heterocycles. The summed E-state index contributed by atoms with van der Waals surface area (Å²) in [5.41, 5.74) is 5.15. The van der Waals surface area contributed by atoms with E-state index in [4.69, 9.17) is 15.2 Å². The molecular formula is C7H16N2O4S. The highest BCUT2D eigenvalue weighted by Crippen LogP contribution is 1.99. The summed E-state index contributed by atoms with van der Waals surface area (Å²) < 4.78 is 35.2. The van der Waals surface area contributed by atoms with Crippen LogP contribution in [0.5, 0.6) is 0 Å². The van der Waals surface area contributed by atoms with Crippen LogP contribution in [0.15, 0.2) is 0 Å². The number of nitrogens with one attached hydrogen (secondary N) is 1. The maximum absolute atomic E-state index is 11.2. The molecular weight excluding hydrogens is 208 g/mol. The van der Waals surface area contributed by atoms with Gasteiger partial charge in [0.2, 0.25) is 10.0 Å². The van der Waals surface area contributed by atoms with Crippen molar-refractivity contribution in [3.05, 3.63) is 0 Å². The minimum Gasteiger partial charge on any atom is -0.376 e. The second-order valence-corrected chi connectivity index (χ2v) is 4.95. The average Bonchev–Trinajstić information content (AvgIpc) is 2.17. The number of hydrogen-bond acceptors (Lipinski definition) is 5. The van der Waals surface area contributed by atoms with E-state index in [1.165, 1.54) is 0 Å². The average molecular weight is 224 g/mol. The Morgan fingerprint density at radius 1 is 1.43 bits per heavy atom. The molecule has 1 saturated heterocycles. The highest BCUT2D eigenvalue weighted by Gasteiger charge is 2.17. The lowest BCUT2D eigenvalue weighted by atomic mass is 10.3. The van der Waals surface area contributed by atoms with E-state index in [-0.39, 0.29) is 24.9 Å². The van der Waals surface area contributed by atoms with Crippen molar-refractivity contribution >= 4 is 10.0 Å². The Morgan fingerprint density at radius 2 is 2.21 bits per heavy atom. The maximum atomic E-state index is 11.2. The van der Waals surface area contributed by atoms with Crippen LogP contribution in [0.1, 0.15) is 0 Å². The van der Waals surface area contributed by atoms with Gasteiger partial charge in [0.15, 0.2) is 0 Å². The maximum Gasteiger partial charge on any atom is 0.212 e. The van der Waals surface area contributed by atoms with E-state index in [0.717, 1.165) is 0 Å². The number of sulfonamides is 1. The summed E-state index contributed by atoms with van der Waals surface area (Å²) in [5, 5.41) is 0. The summed E-state index contributed by atoms with van der Waals surface area (Å²) in [5.74, 6) is -0.0550. The van der Waals surface area contributed by atoms with Crippen molar-refractivity contribution in [1.29, 1.82) is 0 Å². The number of hydrogen-bond donors (Lipinski definition) is 2. The van der Waals surface area contributed by atoms with Gasteiger partial charge < -0.3 is 15.2 Å². The van der Waals surface area contributed by atoms with Gasteiger partial charge in [-0.1, -0.05) is 0 Å². The van der Waals surface area contributed by atoms with Gasteiger partial charge in [-0.25, -0.2) is 13.1 Å². The summed E-state index contributed by atoms with van der Waals surface area (Å²) in [7, 11) is -3.24. The van der Waals surface area contributed by atoms with E-state index >= 15 is 0 Å². The quantitative estimate of drug-likeness (QED) is 0.579. The van der Waals surface area contributed by atoms with Crippen LogP contribution in [-0.4, -0.2) is 53.2 Å². The molecule has 84 valence electrons. The smallest absolute Gasteiger partial charge is 0.212 e. The molecule has 1 heterocycles. The molecule has 6 nitrogen and oxygen atoms in total. The summed E-state index contributed by atoms with van der Waals surface area (Å²) in [6.45, 7) is 1.90. The molecule has 1 unspecified atom stereocenters. The topological polar surface area (TPSA) is 90.7 Å². The Bertz CT molecular complexity index is 248. The normalized spacial score (nSPS) is 23.6. The summed E-state index contributed by atoms with van der Waals surface area (Å²) in [6.07, 6.45) is -0.184. The molecule has 0 spiro atoms. The van der Waals surface area contributed by atoms with Crippen LogP contribution in [0.3, 0.4) is 0 Å². The van der Waals surface area contributed by atoms with Crippen LogP contribution in [0.25, 0.3) is 0 Å². The lowest BCUT2D eigenvalue weighted by molar-refractivity contribution is -0.0846. The zero-order valence-corrected chi connectivity index (χ0v) is 8.76. The Morgan fingerprint density at radius 3 is 2.79 bits per heavy atom. The van der Waals surface area contributed by atoms with Gasteiger partial charge in [-0.05, 0) is 0 Å². The predicted molar refractivity (Wildman–Crippen MR) is 51.4 cm³/mol. The number of nitrogens with two attached hydrogens (primary N) is 1. The lowest BCUT2D eigenvalue weighted by Crippen LogP contribution is -2.41. The van der Waals surface area contributed by atoms with Gasteiger partial charge >= 0.3 is 0 Å². The number of ether oxygens (including phenoxy) is 2. The van der Waals surface area contributed by atoms with Gasteiger partial charge in [0.25, 0.3) is 0 Å². The summed E-state index contributed by atoms with van der Waals surface area (Å²) >= 11 is 0. The van der Waals surface area contributed by atoms with E-state index in [9.17, 15) is 8.42 Å². The van der Waals surface area contributed by atoms with E-state index in [1.54, 1.807) is 0 Å². The largest absolute Gasteiger partial charge is 0.376 e. The van der Waals surface area contributed by atoms with Crippen LogP contribution in [0.4, 0.5) is 0 Å².